The van der Waals surface area contributed by atoms with Crippen molar-refractivity contribution < 1.29 is 22.8 Å². The minimum absolute atomic E-state index is 0.152. The standard InChI is InChI=1S/C20H18F3N3O2/c21-20(22,23)15-5-3-13(4-6-15)19(28)26-11-12-8-16(17(26)9-12)25-18(27)14-2-1-7-24-10-14/h1-7,10,12,16-17H,8-9,11H2,(H,25,27)/t12-,16+,17-/m1/s1. The van der Waals surface area contributed by atoms with Gasteiger partial charge in [-0.2, -0.15) is 13.2 Å². The van der Waals surface area contributed by atoms with Gasteiger partial charge in [-0.1, -0.05) is 0 Å². The normalized spacial score (nSPS) is 23.7. The molecule has 5 nitrogen and oxygen atoms in total. The number of hydrogen-bond acceptors (Lipinski definition) is 3. The Labute approximate surface area is 159 Å². The quantitative estimate of drug-likeness (QED) is 0.877. The Morgan fingerprint density at radius 3 is 2.43 bits per heavy atom. The fourth-order valence-electron chi connectivity index (χ4n) is 4.13. The second-order valence-corrected chi connectivity index (χ2v) is 7.26. The van der Waals surface area contributed by atoms with Gasteiger partial charge in [0.2, 0.25) is 0 Å². The van der Waals surface area contributed by atoms with E-state index in [4.69, 9.17) is 0 Å². The van der Waals surface area contributed by atoms with Gasteiger partial charge in [0.25, 0.3) is 11.8 Å². The minimum Gasteiger partial charge on any atom is -0.347 e. The number of likely N-dealkylation sites (tertiary alicyclic amines) is 1. The number of aromatic nitrogens is 1. The third kappa shape index (κ3) is 3.46. The van der Waals surface area contributed by atoms with E-state index in [1.165, 1.54) is 18.3 Å². The van der Waals surface area contributed by atoms with Crippen molar-refractivity contribution in [2.75, 3.05) is 6.54 Å². The predicted octanol–water partition coefficient (Wildman–Crippen LogP) is 3.13. The van der Waals surface area contributed by atoms with Crippen LogP contribution in [0.3, 0.4) is 0 Å². The van der Waals surface area contributed by atoms with Crippen molar-refractivity contribution in [3.05, 3.63) is 65.5 Å². The molecule has 2 aliphatic rings. The number of fused-ring (bicyclic) bond motifs is 2. The molecule has 3 atom stereocenters. The van der Waals surface area contributed by atoms with Crippen LogP contribution in [0.2, 0.25) is 0 Å². The van der Waals surface area contributed by atoms with Gasteiger partial charge in [-0.15, -0.1) is 0 Å². The summed E-state index contributed by atoms with van der Waals surface area (Å²) in [5.41, 5.74) is -0.114. The van der Waals surface area contributed by atoms with Crippen molar-refractivity contribution in [3.63, 3.8) is 0 Å². The molecular formula is C20H18F3N3O2. The van der Waals surface area contributed by atoms with E-state index in [-0.39, 0.29) is 35.4 Å². The van der Waals surface area contributed by atoms with E-state index in [1.54, 1.807) is 23.2 Å². The molecule has 1 aliphatic heterocycles. The maximum atomic E-state index is 12.8. The van der Waals surface area contributed by atoms with Crippen molar-refractivity contribution in [3.8, 4) is 0 Å². The Bertz CT molecular complexity index is 884. The first-order valence-electron chi connectivity index (χ1n) is 9.02. The first-order chi connectivity index (χ1) is 13.3. The largest absolute Gasteiger partial charge is 0.416 e. The number of carbonyl (C=O) groups excluding carboxylic acids is 2. The highest BCUT2D eigenvalue weighted by Gasteiger charge is 2.47. The average molecular weight is 389 g/mol. The number of nitrogens with zero attached hydrogens (tertiary/aromatic N) is 2. The summed E-state index contributed by atoms with van der Waals surface area (Å²) in [5, 5.41) is 2.97. The third-order valence-corrected chi connectivity index (χ3v) is 5.44. The lowest BCUT2D eigenvalue weighted by atomic mass is 10.0. The van der Waals surface area contributed by atoms with Crippen LogP contribution in [-0.4, -0.2) is 40.3 Å². The molecule has 28 heavy (non-hydrogen) atoms. The van der Waals surface area contributed by atoms with E-state index in [0.717, 1.165) is 25.0 Å². The molecule has 1 aromatic heterocycles. The molecule has 1 aromatic carbocycles. The van der Waals surface area contributed by atoms with E-state index in [9.17, 15) is 22.8 Å². The summed E-state index contributed by atoms with van der Waals surface area (Å²) in [6.45, 7) is 0.559. The Kier molecular flexibility index (Phi) is 4.56. The molecule has 0 spiro atoms. The molecule has 1 N–H and O–H groups in total. The van der Waals surface area contributed by atoms with Crippen LogP contribution >= 0.6 is 0 Å². The van der Waals surface area contributed by atoms with Gasteiger partial charge in [-0.05, 0) is 55.2 Å². The third-order valence-electron chi connectivity index (χ3n) is 5.44. The van der Waals surface area contributed by atoms with Crippen molar-refractivity contribution in [2.24, 2.45) is 5.92 Å². The van der Waals surface area contributed by atoms with Crippen molar-refractivity contribution in [2.45, 2.75) is 31.1 Å². The van der Waals surface area contributed by atoms with Gasteiger partial charge in [0, 0.05) is 30.5 Å². The van der Waals surface area contributed by atoms with Crippen LogP contribution in [0.4, 0.5) is 13.2 Å². The first kappa shape index (κ1) is 18.5. The van der Waals surface area contributed by atoms with Crippen LogP contribution in [0, 0.1) is 5.92 Å². The maximum Gasteiger partial charge on any atom is 0.416 e. The highest BCUT2D eigenvalue weighted by Crippen LogP contribution is 2.39. The van der Waals surface area contributed by atoms with E-state index >= 15 is 0 Å². The van der Waals surface area contributed by atoms with Crippen LogP contribution in [0.1, 0.15) is 39.1 Å². The second-order valence-electron chi connectivity index (χ2n) is 7.26. The van der Waals surface area contributed by atoms with Gasteiger partial charge in [-0.25, -0.2) is 0 Å². The number of nitrogens with one attached hydrogen (secondary N) is 1. The Hall–Kier alpha value is -2.90. The van der Waals surface area contributed by atoms with Gasteiger partial charge >= 0.3 is 6.18 Å². The number of carbonyl (C=O) groups is 2. The van der Waals surface area contributed by atoms with Crippen molar-refractivity contribution in [1.29, 1.82) is 0 Å². The number of benzene rings is 1. The minimum atomic E-state index is -4.43. The summed E-state index contributed by atoms with van der Waals surface area (Å²) in [5.74, 6) is -0.267. The second kappa shape index (κ2) is 6.92. The summed E-state index contributed by atoms with van der Waals surface area (Å²) >= 11 is 0. The Morgan fingerprint density at radius 1 is 1.07 bits per heavy atom. The Balaban J connectivity index is 1.46. The topological polar surface area (TPSA) is 62.3 Å². The molecule has 0 radical (unpaired) electrons. The monoisotopic (exact) mass is 389 g/mol. The smallest absolute Gasteiger partial charge is 0.347 e. The number of rotatable bonds is 3. The molecule has 8 heteroatoms. The summed E-state index contributed by atoms with van der Waals surface area (Å²) < 4.78 is 38.2. The number of piperidine rings is 1. The number of amides is 2. The zero-order valence-electron chi connectivity index (χ0n) is 14.8. The predicted molar refractivity (Wildman–Crippen MR) is 94.5 cm³/mol. The van der Waals surface area contributed by atoms with E-state index in [1.807, 2.05) is 0 Å². The summed E-state index contributed by atoms with van der Waals surface area (Å²) in [7, 11) is 0. The van der Waals surface area contributed by atoms with Crippen LogP contribution in [0.25, 0.3) is 0 Å². The lowest BCUT2D eigenvalue weighted by Gasteiger charge is -2.33. The van der Waals surface area contributed by atoms with Crippen LogP contribution in [0.15, 0.2) is 48.8 Å². The lowest BCUT2D eigenvalue weighted by molar-refractivity contribution is -0.137. The molecule has 1 saturated heterocycles. The zero-order valence-corrected chi connectivity index (χ0v) is 14.8. The Morgan fingerprint density at radius 2 is 1.82 bits per heavy atom. The summed E-state index contributed by atoms with van der Waals surface area (Å²) in [6, 6.07) is 7.27. The van der Waals surface area contributed by atoms with Gasteiger partial charge in [-0.3, -0.25) is 14.6 Å². The van der Waals surface area contributed by atoms with Gasteiger partial charge in [0.05, 0.1) is 17.2 Å². The molecule has 2 bridgehead atoms. The van der Waals surface area contributed by atoms with E-state index in [2.05, 4.69) is 10.3 Å². The lowest BCUT2D eigenvalue weighted by Crippen LogP contribution is -2.52. The molecular weight excluding hydrogens is 371 g/mol. The molecule has 2 aromatic rings. The molecule has 2 fully saturated rings. The van der Waals surface area contributed by atoms with Crippen LogP contribution in [-0.2, 0) is 6.18 Å². The van der Waals surface area contributed by atoms with Crippen LogP contribution in [0.5, 0.6) is 0 Å². The van der Waals surface area contributed by atoms with Crippen molar-refractivity contribution >= 4 is 11.8 Å². The number of halogens is 3. The zero-order chi connectivity index (χ0) is 19.9. The number of pyridine rings is 1. The van der Waals surface area contributed by atoms with Gasteiger partial charge < -0.3 is 10.2 Å². The fraction of sp³-hybridized carbons (Fsp3) is 0.350. The van der Waals surface area contributed by atoms with Gasteiger partial charge in [0.1, 0.15) is 0 Å². The highest BCUT2D eigenvalue weighted by molar-refractivity contribution is 5.96. The van der Waals surface area contributed by atoms with Crippen LogP contribution < -0.4 is 5.32 Å². The van der Waals surface area contributed by atoms with Gasteiger partial charge in [0.15, 0.2) is 0 Å². The number of hydrogen-bond donors (Lipinski definition) is 1. The van der Waals surface area contributed by atoms with Crippen molar-refractivity contribution in [1.82, 2.24) is 15.2 Å². The number of alkyl halides is 3. The molecule has 146 valence electrons. The van der Waals surface area contributed by atoms with E-state index in [0.29, 0.717) is 12.1 Å². The maximum absolute atomic E-state index is 12.8. The highest BCUT2D eigenvalue weighted by atomic mass is 19.4. The van der Waals surface area contributed by atoms with E-state index < -0.39 is 11.7 Å². The summed E-state index contributed by atoms with van der Waals surface area (Å²) in [4.78, 5) is 30.8. The first-order valence-corrected chi connectivity index (χ1v) is 9.02. The molecule has 4 rings (SSSR count). The average Bonchev–Trinajstić information content (AvgIpc) is 3.28. The molecule has 2 heterocycles. The molecule has 1 saturated carbocycles. The molecule has 1 aliphatic carbocycles. The summed E-state index contributed by atoms with van der Waals surface area (Å²) in [6.07, 6.45) is 0.195. The molecule has 2 amide bonds. The fourth-order valence-corrected chi connectivity index (χ4v) is 4.13. The molecule has 0 unspecified atom stereocenters. The SMILES string of the molecule is O=C(N[C@H]1C[C@@H]2C[C@H]1N(C(=O)c1ccc(C(F)(F)F)cc1)C2)c1cccnc1.